The number of piperidine rings is 1. The lowest BCUT2D eigenvalue weighted by Gasteiger charge is -2.23. The number of halogens is 1. The van der Waals surface area contributed by atoms with Gasteiger partial charge in [-0.2, -0.15) is 0 Å². The normalized spacial score (nSPS) is 22.4. The Morgan fingerprint density at radius 2 is 2.23 bits per heavy atom. The van der Waals surface area contributed by atoms with Crippen LogP contribution in [0.1, 0.15) is 24.8 Å². The van der Waals surface area contributed by atoms with Gasteiger partial charge < -0.3 is 15.4 Å². The Labute approximate surface area is 136 Å². The molecule has 1 saturated heterocycles. The van der Waals surface area contributed by atoms with Gasteiger partial charge >= 0.3 is 0 Å². The van der Waals surface area contributed by atoms with Gasteiger partial charge in [0, 0.05) is 17.5 Å². The van der Waals surface area contributed by atoms with Gasteiger partial charge in [-0.05, 0) is 61.9 Å². The molecule has 1 aliphatic heterocycles. The summed E-state index contributed by atoms with van der Waals surface area (Å²) in [5, 5.41) is 7.12. The zero-order valence-corrected chi connectivity index (χ0v) is 13.7. The van der Waals surface area contributed by atoms with Crippen LogP contribution in [0.25, 0.3) is 0 Å². The predicted octanol–water partition coefficient (Wildman–Crippen LogP) is 2.40. The van der Waals surface area contributed by atoms with Crippen molar-refractivity contribution in [3.63, 3.8) is 0 Å². The molecule has 1 aromatic rings. The van der Waals surface area contributed by atoms with E-state index in [4.69, 9.17) is 16.3 Å². The van der Waals surface area contributed by atoms with E-state index in [1.54, 1.807) is 7.11 Å². The minimum absolute atomic E-state index is 0.214. The Morgan fingerprint density at radius 1 is 1.45 bits per heavy atom. The van der Waals surface area contributed by atoms with Crippen LogP contribution in [0.4, 0.5) is 0 Å². The van der Waals surface area contributed by atoms with Crippen molar-refractivity contribution in [2.24, 2.45) is 11.3 Å². The molecule has 0 bridgehead atoms. The zero-order valence-electron chi connectivity index (χ0n) is 13.0. The summed E-state index contributed by atoms with van der Waals surface area (Å²) in [6, 6.07) is 5.66. The van der Waals surface area contributed by atoms with Gasteiger partial charge in [-0.25, -0.2) is 0 Å². The number of rotatable bonds is 5. The third-order valence-electron chi connectivity index (χ3n) is 5.06. The van der Waals surface area contributed by atoms with Gasteiger partial charge in [-0.15, -0.1) is 0 Å². The molecule has 2 fully saturated rings. The number of hydrogen-bond acceptors (Lipinski definition) is 3. The van der Waals surface area contributed by atoms with Gasteiger partial charge in [0.2, 0.25) is 5.91 Å². The summed E-state index contributed by atoms with van der Waals surface area (Å²) in [6.45, 7) is 2.73. The largest absolute Gasteiger partial charge is 0.497 e. The van der Waals surface area contributed by atoms with Crippen LogP contribution >= 0.6 is 11.6 Å². The van der Waals surface area contributed by atoms with E-state index in [0.717, 1.165) is 50.1 Å². The molecule has 1 aliphatic carbocycles. The van der Waals surface area contributed by atoms with E-state index in [1.165, 1.54) is 0 Å². The molecule has 1 heterocycles. The number of ether oxygens (including phenoxy) is 1. The molecule has 1 spiro atoms. The first-order valence-electron chi connectivity index (χ1n) is 7.95. The first-order chi connectivity index (χ1) is 10.6. The Kier molecular flexibility index (Phi) is 4.59. The first-order valence-corrected chi connectivity index (χ1v) is 8.33. The zero-order chi connectivity index (χ0) is 15.6. The molecule has 1 unspecified atom stereocenters. The second-order valence-corrected chi connectivity index (χ2v) is 6.77. The number of nitrogens with one attached hydrogen (secondary N) is 2. The van der Waals surface area contributed by atoms with Crippen molar-refractivity contribution in [3.05, 3.63) is 28.8 Å². The van der Waals surface area contributed by atoms with Crippen LogP contribution < -0.4 is 15.4 Å². The van der Waals surface area contributed by atoms with Crippen LogP contribution in [-0.4, -0.2) is 32.7 Å². The maximum atomic E-state index is 12.3. The summed E-state index contributed by atoms with van der Waals surface area (Å²) in [7, 11) is 1.62. The minimum Gasteiger partial charge on any atom is -0.497 e. The lowest BCUT2D eigenvalue weighted by Crippen LogP contribution is -2.34. The van der Waals surface area contributed by atoms with Crippen molar-refractivity contribution in [3.8, 4) is 5.75 Å². The number of hydrogen-bond donors (Lipinski definition) is 2. The SMILES string of the molecule is COc1ccc(CCNC(=O)C2CC23CCNCC3)c(Cl)c1. The van der Waals surface area contributed by atoms with E-state index in [2.05, 4.69) is 10.6 Å². The highest BCUT2D eigenvalue weighted by atomic mass is 35.5. The molecule has 120 valence electrons. The van der Waals surface area contributed by atoms with E-state index in [0.29, 0.717) is 17.0 Å². The van der Waals surface area contributed by atoms with Crippen molar-refractivity contribution in [1.82, 2.24) is 10.6 Å². The molecule has 5 heteroatoms. The van der Waals surface area contributed by atoms with E-state index >= 15 is 0 Å². The first kappa shape index (κ1) is 15.6. The fourth-order valence-corrected chi connectivity index (χ4v) is 3.76. The van der Waals surface area contributed by atoms with Crippen molar-refractivity contribution in [1.29, 1.82) is 0 Å². The Balaban J connectivity index is 1.46. The van der Waals surface area contributed by atoms with Crippen LogP contribution in [-0.2, 0) is 11.2 Å². The maximum Gasteiger partial charge on any atom is 0.223 e. The van der Waals surface area contributed by atoms with E-state index < -0.39 is 0 Å². The fraction of sp³-hybridized carbons (Fsp3) is 0.588. The van der Waals surface area contributed by atoms with Gasteiger partial charge in [-0.3, -0.25) is 4.79 Å². The molecule has 0 aromatic heterocycles. The van der Waals surface area contributed by atoms with Gasteiger partial charge in [0.15, 0.2) is 0 Å². The number of carbonyl (C=O) groups is 1. The summed E-state index contributed by atoms with van der Waals surface area (Å²) < 4.78 is 5.14. The molecule has 4 nitrogen and oxygen atoms in total. The molecule has 1 aromatic carbocycles. The molecule has 2 N–H and O–H groups in total. The van der Waals surface area contributed by atoms with Gasteiger partial charge in [-0.1, -0.05) is 17.7 Å². The lowest BCUT2D eigenvalue weighted by atomic mass is 9.92. The Morgan fingerprint density at radius 3 is 2.91 bits per heavy atom. The lowest BCUT2D eigenvalue weighted by molar-refractivity contribution is -0.123. The molecule has 0 radical (unpaired) electrons. The highest BCUT2D eigenvalue weighted by Gasteiger charge is 2.57. The smallest absolute Gasteiger partial charge is 0.223 e. The van der Waals surface area contributed by atoms with Crippen LogP contribution in [0.2, 0.25) is 5.02 Å². The summed E-state index contributed by atoms with van der Waals surface area (Å²) >= 11 is 6.22. The molecule has 22 heavy (non-hydrogen) atoms. The van der Waals surface area contributed by atoms with Crippen LogP contribution in [0, 0.1) is 11.3 Å². The molecule has 2 aliphatic rings. The topological polar surface area (TPSA) is 50.4 Å². The van der Waals surface area contributed by atoms with Crippen molar-refractivity contribution in [2.45, 2.75) is 25.7 Å². The summed E-state index contributed by atoms with van der Waals surface area (Å²) in [6.07, 6.45) is 4.07. The third-order valence-corrected chi connectivity index (χ3v) is 5.41. The average molecular weight is 323 g/mol. The number of amides is 1. The number of carbonyl (C=O) groups excluding carboxylic acids is 1. The van der Waals surface area contributed by atoms with Crippen LogP contribution in [0.3, 0.4) is 0 Å². The second kappa shape index (κ2) is 6.47. The second-order valence-electron chi connectivity index (χ2n) is 6.37. The molecule has 1 atom stereocenters. The van der Waals surface area contributed by atoms with Crippen molar-refractivity contribution < 1.29 is 9.53 Å². The Hall–Kier alpha value is -1.26. The van der Waals surface area contributed by atoms with Crippen molar-refractivity contribution in [2.75, 3.05) is 26.7 Å². The van der Waals surface area contributed by atoms with Gasteiger partial charge in [0.05, 0.1) is 7.11 Å². The van der Waals surface area contributed by atoms with Gasteiger partial charge in [0.25, 0.3) is 0 Å². The van der Waals surface area contributed by atoms with E-state index in [-0.39, 0.29) is 11.8 Å². The van der Waals surface area contributed by atoms with Crippen LogP contribution in [0.5, 0.6) is 5.75 Å². The van der Waals surface area contributed by atoms with Crippen LogP contribution in [0.15, 0.2) is 18.2 Å². The third kappa shape index (κ3) is 3.23. The van der Waals surface area contributed by atoms with Crippen molar-refractivity contribution >= 4 is 17.5 Å². The fourth-order valence-electron chi connectivity index (χ4n) is 3.50. The summed E-state index contributed by atoms with van der Waals surface area (Å²) in [5.41, 5.74) is 1.34. The monoisotopic (exact) mass is 322 g/mol. The summed E-state index contributed by atoms with van der Waals surface area (Å²) in [5.74, 6) is 1.19. The van der Waals surface area contributed by atoms with Gasteiger partial charge in [0.1, 0.15) is 5.75 Å². The highest BCUT2D eigenvalue weighted by molar-refractivity contribution is 6.31. The summed E-state index contributed by atoms with van der Waals surface area (Å²) in [4.78, 5) is 12.3. The quantitative estimate of drug-likeness (QED) is 0.875. The molecule has 1 saturated carbocycles. The molecule has 3 rings (SSSR count). The molecular formula is C17H23ClN2O2. The number of benzene rings is 1. The van der Waals surface area contributed by atoms with E-state index in [9.17, 15) is 4.79 Å². The highest BCUT2D eigenvalue weighted by Crippen LogP contribution is 2.58. The molecular weight excluding hydrogens is 300 g/mol. The molecule has 1 amide bonds. The average Bonchev–Trinajstić information content (AvgIpc) is 3.22. The number of methoxy groups -OCH3 is 1. The Bertz CT molecular complexity index is 556. The maximum absolute atomic E-state index is 12.3. The standard InChI is InChI=1S/C17H23ClN2O2/c1-22-13-3-2-12(15(18)10-13)4-7-20-16(21)14-11-17(14)5-8-19-9-6-17/h2-3,10,14,19H,4-9,11H2,1H3,(H,20,21). The predicted molar refractivity (Wildman–Crippen MR) is 87.4 cm³/mol. The minimum atomic E-state index is 0.214. The van der Waals surface area contributed by atoms with E-state index in [1.807, 2.05) is 18.2 Å².